The van der Waals surface area contributed by atoms with E-state index in [1.807, 2.05) is 18.2 Å². The molecule has 1 aromatic carbocycles. The Balaban J connectivity index is 1.80. The average Bonchev–Trinajstić information content (AvgIpc) is 2.53. The van der Waals surface area contributed by atoms with Crippen molar-refractivity contribution in [2.75, 3.05) is 27.2 Å². The molecule has 1 saturated heterocycles. The second kappa shape index (κ2) is 6.63. The predicted octanol–water partition coefficient (Wildman–Crippen LogP) is 2.76. The molecule has 0 spiro atoms. The number of hydrogen-bond donors (Lipinski definition) is 1. The molecule has 0 radical (unpaired) electrons. The highest BCUT2D eigenvalue weighted by Crippen LogP contribution is 2.41. The third-order valence-electron chi connectivity index (χ3n) is 4.99. The maximum atomic E-state index is 12.8. The third kappa shape index (κ3) is 3.66. The van der Waals surface area contributed by atoms with E-state index in [0.717, 1.165) is 49.4 Å². The van der Waals surface area contributed by atoms with Crippen molar-refractivity contribution in [2.24, 2.45) is 5.92 Å². The van der Waals surface area contributed by atoms with Crippen LogP contribution in [0.3, 0.4) is 0 Å². The lowest BCUT2D eigenvalue weighted by Crippen LogP contribution is -2.46. The number of fused-ring (bicyclic) bond motifs is 1. The average molecular weight is 332 g/mol. The summed E-state index contributed by atoms with van der Waals surface area (Å²) in [6.45, 7) is 6.04. The first-order chi connectivity index (χ1) is 11.4. The smallest absolute Gasteiger partial charge is 0.224 e. The van der Waals surface area contributed by atoms with Gasteiger partial charge in [-0.05, 0) is 58.5 Å². The Morgan fingerprint density at radius 1 is 1.42 bits per heavy atom. The van der Waals surface area contributed by atoms with Crippen LogP contribution in [0.1, 0.15) is 44.7 Å². The number of carbonyl (C=O) groups is 1. The van der Waals surface area contributed by atoms with E-state index in [9.17, 15) is 4.79 Å². The quantitative estimate of drug-likeness (QED) is 0.925. The van der Waals surface area contributed by atoms with Crippen LogP contribution < -0.4 is 14.8 Å². The molecule has 5 heteroatoms. The summed E-state index contributed by atoms with van der Waals surface area (Å²) in [6.07, 6.45) is 2.80. The molecule has 5 nitrogen and oxygen atoms in total. The lowest BCUT2D eigenvalue weighted by molar-refractivity contribution is -0.127. The minimum absolute atomic E-state index is 0.0430. The fourth-order valence-corrected chi connectivity index (χ4v) is 3.76. The van der Waals surface area contributed by atoms with E-state index in [1.54, 1.807) is 7.11 Å². The summed E-state index contributed by atoms with van der Waals surface area (Å²) in [4.78, 5) is 15.0. The van der Waals surface area contributed by atoms with E-state index in [0.29, 0.717) is 0 Å². The molecule has 0 bridgehead atoms. The van der Waals surface area contributed by atoms with Crippen LogP contribution in [0, 0.1) is 5.92 Å². The minimum atomic E-state index is -0.303. The van der Waals surface area contributed by atoms with Crippen LogP contribution in [-0.4, -0.2) is 43.7 Å². The van der Waals surface area contributed by atoms with Gasteiger partial charge in [0.2, 0.25) is 5.91 Å². The monoisotopic (exact) mass is 332 g/mol. The Kier molecular flexibility index (Phi) is 4.72. The largest absolute Gasteiger partial charge is 0.497 e. The van der Waals surface area contributed by atoms with Crippen LogP contribution in [0.5, 0.6) is 11.5 Å². The summed E-state index contributed by atoms with van der Waals surface area (Å²) in [5.41, 5.74) is 0.703. The molecule has 1 amide bonds. The second-order valence-corrected chi connectivity index (χ2v) is 7.63. The highest BCUT2D eigenvalue weighted by atomic mass is 16.5. The predicted molar refractivity (Wildman–Crippen MR) is 93.4 cm³/mol. The van der Waals surface area contributed by atoms with Crippen LogP contribution >= 0.6 is 0 Å². The molecule has 132 valence electrons. The van der Waals surface area contributed by atoms with E-state index >= 15 is 0 Å². The van der Waals surface area contributed by atoms with Crippen molar-refractivity contribution in [1.29, 1.82) is 0 Å². The Labute approximate surface area is 144 Å². The van der Waals surface area contributed by atoms with Crippen molar-refractivity contribution in [1.82, 2.24) is 10.2 Å². The summed E-state index contributed by atoms with van der Waals surface area (Å²) in [6, 6.07) is 5.76. The lowest BCUT2D eigenvalue weighted by atomic mass is 9.88. The van der Waals surface area contributed by atoms with Gasteiger partial charge in [0.05, 0.1) is 19.1 Å². The van der Waals surface area contributed by atoms with E-state index in [2.05, 4.69) is 31.1 Å². The van der Waals surface area contributed by atoms with Crippen molar-refractivity contribution in [2.45, 2.75) is 44.8 Å². The van der Waals surface area contributed by atoms with Gasteiger partial charge >= 0.3 is 0 Å². The molecule has 2 unspecified atom stereocenters. The topological polar surface area (TPSA) is 50.8 Å². The number of ether oxygens (including phenoxy) is 2. The fourth-order valence-electron chi connectivity index (χ4n) is 3.76. The fraction of sp³-hybridized carbons (Fsp3) is 0.632. The molecule has 0 aliphatic carbocycles. The van der Waals surface area contributed by atoms with Gasteiger partial charge in [0.25, 0.3) is 0 Å². The second-order valence-electron chi connectivity index (χ2n) is 7.63. The van der Waals surface area contributed by atoms with Gasteiger partial charge in [-0.15, -0.1) is 0 Å². The maximum Gasteiger partial charge on any atom is 0.224 e. The number of benzene rings is 1. The number of nitrogens with zero attached hydrogens (tertiary/aromatic N) is 1. The molecule has 0 saturated carbocycles. The summed E-state index contributed by atoms with van der Waals surface area (Å²) < 4.78 is 11.4. The molecule has 1 aromatic rings. The van der Waals surface area contributed by atoms with Gasteiger partial charge in [-0.2, -0.15) is 0 Å². The molecule has 0 aromatic heterocycles. The third-order valence-corrected chi connectivity index (χ3v) is 4.99. The lowest BCUT2D eigenvalue weighted by Gasteiger charge is -2.39. The first-order valence-corrected chi connectivity index (χ1v) is 8.74. The van der Waals surface area contributed by atoms with Crippen LogP contribution in [-0.2, 0) is 4.79 Å². The van der Waals surface area contributed by atoms with Gasteiger partial charge in [-0.25, -0.2) is 0 Å². The number of methoxy groups -OCH3 is 1. The zero-order valence-corrected chi connectivity index (χ0v) is 15.1. The zero-order valence-electron chi connectivity index (χ0n) is 15.1. The number of hydrogen-bond acceptors (Lipinski definition) is 4. The number of piperidine rings is 1. The molecular weight excluding hydrogens is 304 g/mol. The standard InChI is InChI=1S/C19H28N2O3/c1-19(2)11-16(15-10-14(23-4)7-8-17(15)24-19)20-18(22)13-6-5-9-21(3)12-13/h7-8,10,13,16H,5-6,9,11-12H2,1-4H3,(H,20,22). The Bertz CT molecular complexity index is 615. The summed E-state index contributed by atoms with van der Waals surface area (Å²) in [5, 5.41) is 3.27. The minimum Gasteiger partial charge on any atom is -0.497 e. The number of likely N-dealkylation sites (tertiary alicyclic amines) is 1. The SMILES string of the molecule is COc1ccc2c(c1)C(NC(=O)C1CCCN(C)C1)CC(C)(C)O2. The summed E-state index contributed by atoms with van der Waals surface area (Å²) in [7, 11) is 3.73. The van der Waals surface area contributed by atoms with Crippen molar-refractivity contribution in [3.05, 3.63) is 23.8 Å². The van der Waals surface area contributed by atoms with E-state index < -0.39 is 0 Å². The van der Waals surface area contributed by atoms with E-state index in [-0.39, 0.29) is 23.5 Å². The van der Waals surface area contributed by atoms with E-state index in [1.165, 1.54) is 0 Å². The first-order valence-electron chi connectivity index (χ1n) is 8.74. The van der Waals surface area contributed by atoms with Gasteiger partial charge in [0, 0.05) is 18.5 Å². The number of amides is 1. The van der Waals surface area contributed by atoms with Crippen LogP contribution in [0.4, 0.5) is 0 Å². The number of carbonyl (C=O) groups excluding carboxylic acids is 1. The molecule has 3 rings (SSSR count). The number of nitrogens with one attached hydrogen (secondary N) is 1. The van der Waals surface area contributed by atoms with Gasteiger partial charge < -0.3 is 19.7 Å². The van der Waals surface area contributed by atoms with Crippen LogP contribution in [0.2, 0.25) is 0 Å². The van der Waals surface area contributed by atoms with Crippen LogP contribution in [0.15, 0.2) is 18.2 Å². The normalized spacial score (nSPS) is 26.2. The molecule has 24 heavy (non-hydrogen) atoms. The van der Waals surface area contributed by atoms with Crippen molar-refractivity contribution in [3.63, 3.8) is 0 Å². The molecule has 2 atom stereocenters. The van der Waals surface area contributed by atoms with Crippen molar-refractivity contribution in [3.8, 4) is 11.5 Å². The number of rotatable bonds is 3. The van der Waals surface area contributed by atoms with Gasteiger partial charge in [-0.1, -0.05) is 0 Å². The Morgan fingerprint density at radius 2 is 2.21 bits per heavy atom. The molecule has 1 fully saturated rings. The van der Waals surface area contributed by atoms with E-state index in [4.69, 9.17) is 9.47 Å². The Hall–Kier alpha value is -1.75. The molecule has 2 heterocycles. The highest BCUT2D eigenvalue weighted by molar-refractivity contribution is 5.79. The highest BCUT2D eigenvalue weighted by Gasteiger charge is 2.36. The zero-order chi connectivity index (χ0) is 17.3. The maximum absolute atomic E-state index is 12.8. The molecule has 1 N–H and O–H groups in total. The van der Waals surface area contributed by atoms with Gasteiger partial charge in [0.15, 0.2) is 0 Å². The molecule has 2 aliphatic rings. The van der Waals surface area contributed by atoms with Gasteiger partial charge in [0.1, 0.15) is 17.1 Å². The van der Waals surface area contributed by atoms with Crippen molar-refractivity contribution >= 4 is 5.91 Å². The molecular formula is C19H28N2O3. The Morgan fingerprint density at radius 3 is 2.92 bits per heavy atom. The van der Waals surface area contributed by atoms with Gasteiger partial charge in [-0.3, -0.25) is 4.79 Å². The van der Waals surface area contributed by atoms with Crippen molar-refractivity contribution < 1.29 is 14.3 Å². The summed E-state index contributed by atoms with van der Waals surface area (Å²) in [5.74, 6) is 1.84. The first kappa shape index (κ1) is 17.1. The molecule has 2 aliphatic heterocycles. The summed E-state index contributed by atoms with van der Waals surface area (Å²) >= 11 is 0. The van der Waals surface area contributed by atoms with Crippen LogP contribution in [0.25, 0.3) is 0 Å².